The number of Topliss-reactive ketones (excluding diaryl/α,β-unsaturated/α-hetero) is 1. The molecule has 5 heteroatoms. The van der Waals surface area contributed by atoms with E-state index in [4.69, 9.17) is 0 Å². The molecule has 112 valence electrons. The third-order valence-corrected chi connectivity index (χ3v) is 3.73. The Morgan fingerprint density at radius 2 is 2.05 bits per heavy atom. The minimum atomic E-state index is -0.431. The summed E-state index contributed by atoms with van der Waals surface area (Å²) in [5, 5.41) is 0.730. The number of nitrogens with one attached hydrogen (secondary N) is 1. The van der Waals surface area contributed by atoms with E-state index in [2.05, 4.69) is 9.72 Å². The molecule has 1 aliphatic rings. The topological polar surface area (TPSA) is 59.2 Å². The second-order valence-electron chi connectivity index (χ2n) is 5.07. The lowest BCUT2D eigenvalue weighted by molar-refractivity contribution is 0.0601. The van der Waals surface area contributed by atoms with Crippen molar-refractivity contribution in [3.8, 4) is 0 Å². The van der Waals surface area contributed by atoms with E-state index in [1.54, 1.807) is 30.5 Å². The second kappa shape index (κ2) is 5.60. The van der Waals surface area contributed by atoms with Gasteiger partial charge in [0.2, 0.25) is 0 Å². The molecule has 2 aromatic rings. The van der Waals surface area contributed by atoms with Crippen molar-refractivity contribution in [2.45, 2.75) is 12.8 Å². The minimum absolute atomic E-state index is 0.124. The largest absolute Gasteiger partial charge is 0.465 e. The van der Waals surface area contributed by atoms with Crippen molar-refractivity contribution < 1.29 is 18.7 Å². The van der Waals surface area contributed by atoms with E-state index in [0.29, 0.717) is 28.6 Å². The van der Waals surface area contributed by atoms with Gasteiger partial charge < -0.3 is 9.72 Å². The van der Waals surface area contributed by atoms with Crippen LogP contribution in [-0.4, -0.2) is 23.8 Å². The smallest absolute Gasteiger partial charge is 0.337 e. The SMILES string of the molecule is COC(=O)c1ccc2c(C(=O)C3=CCC(F)=CC3)c[nH]c2c1. The Balaban J connectivity index is 1.95. The van der Waals surface area contributed by atoms with Gasteiger partial charge in [-0.15, -0.1) is 0 Å². The van der Waals surface area contributed by atoms with Gasteiger partial charge in [-0.3, -0.25) is 4.79 Å². The van der Waals surface area contributed by atoms with Crippen LogP contribution in [0, 0.1) is 0 Å². The molecule has 1 heterocycles. The van der Waals surface area contributed by atoms with Crippen molar-refractivity contribution in [3.63, 3.8) is 0 Å². The quantitative estimate of drug-likeness (QED) is 0.694. The van der Waals surface area contributed by atoms with Gasteiger partial charge in [-0.05, 0) is 24.6 Å². The average Bonchev–Trinajstić information content (AvgIpc) is 2.97. The first-order valence-corrected chi connectivity index (χ1v) is 6.88. The maximum Gasteiger partial charge on any atom is 0.337 e. The normalized spacial score (nSPS) is 14.5. The first-order valence-electron chi connectivity index (χ1n) is 6.88. The van der Waals surface area contributed by atoms with Crippen LogP contribution in [0.4, 0.5) is 4.39 Å². The molecule has 1 aliphatic carbocycles. The number of fused-ring (bicyclic) bond motifs is 1. The number of rotatable bonds is 3. The average molecular weight is 299 g/mol. The lowest BCUT2D eigenvalue weighted by Crippen LogP contribution is -2.05. The molecule has 0 saturated carbocycles. The van der Waals surface area contributed by atoms with E-state index in [1.165, 1.54) is 13.2 Å². The van der Waals surface area contributed by atoms with Crippen LogP contribution in [0.15, 0.2) is 47.9 Å². The van der Waals surface area contributed by atoms with Gasteiger partial charge in [0.1, 0.15) is 5.83 Å². The molecule has 0 fully saturated rings. The molecule has 0 aliphatic heterocycles. The van der Waals surface area contributed by atoms with E-state index < -0.39 is 5.97 Å². The van der Waals surface area contributed by atoms with Crippen LogP contribution in [0.25, 0.3) is 10.9 Å². The standard InChI is InChI=1S/C17H14FNO3/c1-22-17(21)11-4-7-13-14(9-19-15(13)8-11)16(20)10-2-5-12(18)6-3-10/h2,4,6-9,19H,3,5H2,1H3. The van der Waals surface area contributed by atoms with Gasteiger partial charge in [0.15, 0.2) is 5.78 Å². The third-order valence-electron chi connectivity index (χ3n) is 3.73. The maximum atomic E-state index is 13.0. The van der Waals surface area contributed by atoms with Gasteiger partial charge in [-0.2, -0.15) is 0 Å². The van der Waals surface area contributed by atoms with Crippen LogP contribution in [0.2, 0.25) is 0 Å². The number of hydrogen-bond acceptors (Lipinski definition) is 3. The molecule has 0 spiro atoms. The molecule has 1 aromatic heterocycles. The number of ether oxygens (including phenoxy) is 1. The minimum Gasteiger partial charge on any atom is -0.465 e. The molecule has 0 atom stereocenters. The Kier molecular flexibility index (Phi) is 3.63. The van der Waals surface area contributed by atoms with E-state index >= 15 is 0 Å². The van der Waals surface area contributed by atoms with Crippen LogP contribution in [0.1, 0.15) is 33.6 Å². The number of hydrogen-bond donors (Lipinski definition) is 1. The number of halogens is 1. The number of allylic oxidation sites excluding steroid dienone is 4. The lowest BCUT2D eigenvalue weighted by atomic mass is 9.96. The fourth-order valence-electron chi connectivity index (χ4n) is 2.53. The Bertz CT molecular complexity index is 830. The predicted octanol–water partition coefficient (Wildman–Crippen LogP) is 3.71. The Hall–Kier alpha value is -2.69. The number of aromatic nitrogens is 1. The van der Waals surface area contributed by atoms with Crippen molar-refractivity contribution in [3.05, 3.63) is 59.1 Å². The number of carbonyl (C=O) groups excluding carboxylic acids is 2. The van der Waals surface area contributed by atoms with Gasteiger partial charge in [-0.1, -0.05) is 12.1 Å². The highest BCUT2D eigenvalue weighted by Crippen LogP contribution is 2.26. The number of esters is 1. The maximum absolute atomic E-state index is 13.0. The summed E-state index contributed by atoms with van der Waals surface area (Å²) in [6.07, 6.45) is 5.13. The summed E-state index contributed by atoms with van der Waals surface area (Å²) in [6.45, 7) is 0. The van der Waals surface area contributed by atoms with E-state index in [9.17, 15) is 14.0 Å². The molecule has 1 N–H and O–H groups in total. The molecular weight excluding hydrogens is 285 g/mol. The summed E-state index contributed by atoms with van der Waals surface area (Å²) in [5.74, 6) is -0.765. The highest BCUT2D eigenvalue weighted by Gasteiger charge is 2.19. The predicted molar refractivity (Wildman–Crippen MR) is 80.5 cm³/mol. The molecule has 4 nitrogen and oxygen atoms in total. The summed E-state index contributed by atoms with van der Waals surface area (Å²) in [7, 11) is 1.32. The second-order valence-corrected chi connectivity index (χ2v) is 5.07. The molecule has 0 radical (unpaired) electrons. The molecule has 0 bridgehead atoms. The van der Waals surface area contributed by atoms with Crippen LogP contribution >= 0.6 is 0 Å². The van der Waals surface area contributed by atoms with Crippen molar-refractivity contribution >= 4 is 22.7 Å². The summed E-state index contributed by atoms with van der Waals surface area (Å²) in [5.41, 5.74) is 2.20. The van der Waals surface area contributed by atoms with Crippen molar-refractivity contribution in [1.29, 1.82) is 0 Å². The molecule has 0 amide bonds. The third kappa shape index (κ3) is 2.45. The zero-order chi connectivity index (χ0) is 15.7. The molecule has 3 rings (SSSR count). The Morgan fingerprint density at radius 3 is 2.73 bits per heavy atom. The molecule has 0 saturated heterocycles. The fraction of sp³-hybridized carbons (Fsp3) is 0.176. The molecule has 1 aromatic carbocycles. The first kappa shape index (κ1) is 14.3. The van der Waals surface area contributed by atoms with Crippen LogP contribution in [-0.2, 0) is 4.74 Å². The van der Waals surface area contributed by atoms with Crippen LogP contribution < -0.4 is 0 Å². The number of carbonyl (C=O) groups is 2. The van der Waals surface area contributed by atoms with E-state index in [-0.39, 0.29) is 18.0 Å². The van der Waals surface area contributed by atoms with Crippen molar-refractivity contribution in [1.82, 2.24) is 4.98 Å². The highest BCUT2D eigenvalue weighted by atomic mass is 19.1. The zero-order valence-corrected chi connectivity index (χ0v) is 12.0. The number of aromatic amines is 1. The Morgan fingerprint density at radius 1 is 1.23 bits per heavy atom. The number of benzene rings is 1. The summed E-state index contributed by atoms with van der Waals surface area (Å²) in [6, 6.07) is 4.98. The van der Waals surface area contributed by atoms with Gasteiger partial charge in [0, 0.05) is 34.7 Å². The monoisotopic (exact) mass is 299 g/mol. The van der Waals surface area contributed by atoms with E-state index in [0.717, 1.165) is 5.39 Å². The summed E-state index contributed by atoms with van der Waals surface area (Å²) >= 11 is 0. The lowest BCUT2D eigenvalue weighted by Gasteiger charge is -2.08. The van der Waals surface area contributed by atoms with Crippen LogP contribution in [0.5, 0.6) is 0 Å². The number of H-pyrrole nitrogens is 1. The zero-order valence-electron chi connectivity index (χ0n) is 12.0. The van der Waals surface area contributed by atoms with Gasteiger partial charge >= 0.3 is 5.97 Å². The first-order chi connectivity index (χ1) is 10.6. The highest BCUT2D eigenvalue weighted by molar-refractivity contribution is 6.16. The Labute approximate surface area is 126 Å². The van der Waals surface area contributed by atoms with Gasteiger partial charge in [-0.25, -0.2) is 9.18 Å². The van der Waals surface area contributed by atoms with Crippen molar-refractivity contribution in [2.75, 3.05) is 7.11 Å². The van der Waals surface area contributed by atoms with Crippen LogP contribution in [0.3, 0.4) is 0 Å². The van der Waals surface area contributed by atoms with E-state index in [1.807, 2.05) is 0 Å². The van der Waals surface area contributed by atoms with Gasteiger partial charge in [0.05, 0.1) is 12.7 Å². The summed E-state index contributed by atoms with van der Waals surface area (Å²) < 4.78 is 17.7. The van der Waals surface area contributed by atoms with Crippen molar-refractivity contribution in [2.24, 2.45) is 0 Å². The number of methoxy groups -OCH3 is 1. The number of ketones is 1. The fourth-order valence-corrected chi connectivity index (χ4v) is 2.53. The summed E-state index contributed by atoms with van der Waals surface area (Å²) in [4.78, 5) is 27.0. The van der Waals surface area contributed by atoms with Gasteiger partial charge in [0.25, 0.3) is 0 Å². The molecule has 0 unspecified atom stereocenters. The molecular formula is C17H14FNO3. The molecule has 22 heavy (non-hydrogen) atoms.